The number of carbonyl (C=O) groups excluding carboxylic acids is 1. The van der Waals surface area contributed by atoms with Crippen LogP contribution in [0.2, 0.25) is 0 Å². The summed E-state index contributed by atoms with van der Waals surface area (Å²) in [6.07, 6.45) is 1.67. The van der Waals surface area contributed by atoms with E-state index in [0.29, 0.717) is 22.4 Å². The number of rotatable bonds is 5. The zero-order valence-corrected chi connectivity index (χ0v) is 19.0. The predicted molar refractivity (Wildman–Crippen MR) is 125 cm³/mol. The van der Waals surface area contributed by atoms with Crippen molar-refractivity contribution >= 4 is 11.8 Å². The number of anilines is 1. The lowest BCUT2D eigenvalue weighted by Gasteiger charge is -2.34. The topological polar surface area (TPSA) is 93.6 Å². The molecule has 1 N–H and O–H groups in total. The van der Waals surface area contributed by atoms with E-state index in [1.807, 2.05) is 12.1 Å². The van der Waals surface area contributed by atoms with Crippen LogP contribution in [-0.2, 0) is 11.5 Å². The monoisotopic (exact) mass is 467 g/mol. The van der Waals surface area contributed by atoms with Gasteiger partial charge in [0.2, 0.25) is 5.82 Å². The summed E-state index contributed by atoms with van der Waals surface area (Å²) in [7, 11) is 0. The summed E-state index contributed by atoms with van der Waals surface area (Å²) in [5, 5.41) is 0. The number of hydrogen-bond acceptors (Lipinski definition) is 6. The number of benzene rings is 2. The Morgan fingerprint density at radius 3 is 2.35 bits per heavy atom. The Bertz CT molecular complexity index is 1270. The fraction of sp³-hybridized carbons (Fsp3) is 0.320. The van der Waals surface area contributed by atoms with Crippen molar-refractivity contribution in [2.75, 3.05) is 18.0 Å². The van der Waals surface area contributed by atoms with Gasteiger partial charge in [0.15, 0.2) is 6.73 Å². The van der Waals surface area contributed by atoms with E-state index in [0.717, 1.165) is 25.9 Å². The number of aryl methyl sites for hydroxylation is 2. The van der Waals surface area contributed by atoms with E-state index < -0.39 is 30.0 Å². The van der Waals surface area contributed by atoms with E-state index in [1.165, 1.54) is 22.4 Å². The summed E-state index contributed by atoms with van der Waals surface area (Å²) in [4.78, 5) is 38.7. The number of aromatic amines is 1. The van der Waals surface area contributed by atoms with E-state index in [-0.39, 0.29) is 0 Å². The van der Waals surface area contributed by atoms with E-state index >= 15 is 0 Å². The molecular formula is C25H26FN3O5. The average molecular weight is 467 g/mol. The van der Waals surface area contributed by atoms with Gasteiger partial charge in [-0.2, -0.15) is 4.39 Å². The second-order valence-electron chi connectivity index (χ2n) is 8.51. The van der Waals surface area contributed by atoms with Crippen LogP contribution < -0.4 is 20.9 Å². The smallest absolute Gasteiger partial charge is 0.412 e. The van der Waals surface area contributed by atoms with Gasteiger partial charge in [0.1, 0.15) is 5.75 Å². The van der Waals surface area contributed by atoms with Gasteiger partial charge in [-0.15, -0.1) is 0 Å². The lowest BCUT2D eigenvalue weighted by molar-refractivity contribution is 0.0694. The molecule has 2 aromatic carbocycles. The van der Waals surface area contributed by atoms with Crippen LogP contribution >= 0.6 is 0 Å². The van der Waals surface area contributed by atoms with Crippen molar-refractivity contribution in [1.82, 2.24) is 9.55 Å². The summed E-state index contributed by atoms with van der Waals surface area (Å²) in [6.45, 7) is 5.59. The molecule has 1 aliphatic heterocycles. The second kappa shape index (κ2) is 9.94. The third-order valence-electron chi connectivity index (χ3n) is 5.91. The normalized spacial score (nSPS) is 14.1. The van der Waals surface area contributed by atoms with Crippen LogP contribution in [-0.4, -0.2) is 28.8 Å². The fourth-order valence-electron chi connectivity index (χ4n) is 4.24. The highest BCUT2D eigenvalue weighted by Gasteiger charge is 2.21. The molecule has 1 aromatic heterocycles. The largest absolute Gasteiger partial charge is 0.515 e. The summed E-state index contributed by atoms with van der Waals surface area (Å²) in [5.41, 5.74) is 2.95. The molecule has 0 atom stereocenters. The molecule has 0 radical (unpaired) electrons. The van der Waals surface area contributed by atoms with Crippen molar-refractivity contribution in [2.45, 2.75) is 39.3 Å². The molecule has 0 aliphatic carbocycles. The third kappa shape index (κ3) is 5.54. The SMILES string of the molecule is Cc1cc(C)cc(N2CCC(c3ccc(OC(=O)OCn4cc(F)c(=O)[nH]c4=O)cc3)CC2)c1. The van der Waals surface area contributed by atoms with Gasteiger partial charge in [-0.25, -0.2) is 9.59 Å². The first-order valence-electron chi connectivity index (χ1n) is 11.1. The first-order valence-corrected chi connectivity index (χ1v) is 11.1. The van der Waals surface area contributed by atoms with Gasteiger partial charge in [-0.05, 0) is 73.6 Å². The number of nitrogens with zero attached hydrogens (tertiary/aromatic N) is 2. The Labute approximate surface area is 195 Å². The van der Waals surface area contributed by atoms with E-state index in [4.69, 9.17) is 9.47 Å². The number of nitrogens with one attached hydrogen (secondary N) is 1. The van der Waals surface area contributed by atoms with Gasteiger partial charge < -0.3 is 14.4 Å². The first-order chi connectivity index (χ1) is 16.3. The van der Waals surface area contributed by atoms with E-state index in [1.54, 1.807) is 17.1 Å². The molecule has 0 spiro atoms. The summed E-state index contributed by atoms with van der Waals surface area (Å²) >= 11 is 0. The average Bonchev–Trinajstić information content (AvgIpc) is 2.80. The molecular weight excluding hydrogens is 441 g/mol. The Morgan fingerprint density at radius 1 is 1.06 bits per heavy atom. The maximum atomic E-state index is 13.3. The van der Waals surface area contributed by atoms with Crippen molar-refractivity contribution < 1.29 is 18.7 Å². The zero-order chi connectivity index (χ0) is 24.2. The molecule has 2 heterocycles. The standard InChI is InChI=1S/C25H26FN3O5/c1-16-11-17(2)13-20(12-16)28-9-7-19(8-10-28)18-3-5-21(6-4-18)34-25(32)33-15-29-14-22(26)23(30)27-24(29)31/h3-6,11-14,19H,7-10,15H2,1-2H3,(H,27,30,31). The minimum atomic E-state index is -1.16. The molecule has 1 aliphatic rings. The minimum absolute atomic E-state index is 0.293. The van der Waals surface area contributed by atoms with Gasteiger partial charge in [0.25, 0.3) is 5.56 Å². The maximum Gasteiger partial charge on any atom is 0.515 e. The van der Waals surface area contributed by atoms with Gasteiger partial charge in [0, 0.05) is 18.8 Å². The fourth-order valence-corrected chi connectivity index (χ4v) is 4.24. The summed E-state index contributed by atoms with van der Waals surface area (Å²) in [6, 6.07) is 13.9. The molecule has 0 saturated carbocycles. The zero-order valence-electron chi connectivity index (χ0n) is 19.0. The molecule has 1 saturated heterocycles. The van der Waals surface area contributed by atoms with Gasteiger partial charge in [0.05, 0.1) is 6.20 Å². The molecule has 0 amide bonds. The van der Waals surface area contributed by atoms with Crippen LogP contribution in [0.3, 0.4) is 0 Å². The number of aromatic nitrogens is 2. The van der Waals surface area contributed by atoms with Crippen molar-refractivity contribution in [3.05, 3.63) is 92.0 Å². The first kappa shape index (κ1) is 23.3. The van der Waals surface area contributed by atoms with Crippen molar-refractivity contribution in [1.29, 1.82) is 0 Å². The second-order valence-corrected chi connectivity index (χ2v) is 8.51. The number of hydrogen-bond donors (Lipinski definition) is 1. The number of carbonyl (C=O) groups is 1. The molecule has 1 fully saturated rings. The Balaban J connectivity index is 1.29. The van der Waals surface area contributed by atoms with E-state index in [2.05, 4.69) is 36.9 Å². The van der Waals surface area contributed by atoms with Crippen LogP contribution in [0.25, 0.3) is 0 Å². The lowest BCUT2D eigenvalue weighted by atomic mass is 9.89. The highest BCUT2D eigenvalue weighted by molar-refractivity contribution is 5.63. The molecule has 178 valence electrons. The van der Waals surface area contributed by atoms with Gasteiger partial charge in [-0.3, -0.25) is 14.3 Å². The van der Waals surface area contributed by atoms with Crippen LogP contribution in [0.4, 0.5) is 14.9 Å². The molecule has 3 aromatic rings. The number of halogens is 1. The third-order valence-corrected chi connectivity index (χ3v) is 5.91. The molecule has 8 nitrogen and oxygen atoms in total. The molecule has 9 heteroatoms. The lowest BCUT2D eigenvalue weighted by Crippen LogP contribution is -2.33. The highest BCUT2D eigenvalue weighted by Crippen LogP contribution is 2.32. The van der Waals surface area contributed by atoms with Crippen molar-refractivity contribution in [3.63, 3.8) is 0 Å². The summed E-state index contributed by atoms with van der Waals surface area (Å²) in [5.74, 6) is -0.446. The van der Waals surface area contributed by atoms with Gasteiger partial charge in [-0.1, -0.05) is 18.2 Å². The Morgan fingerprint density at radius 2 is 1.71 bits per heavy atom. The quantitative estimate of drug-likeness (QED) is 0.453. The number of H-pyrrole nitrogens is 1. The Hall–Kier alpha value is -3.88. The molecule has 4 rings (SSSR count). The number of piperidine rings is 1. The van der Waals surface area contributed by atoms with Gasteiger partial charge >= 0.3 is 11.8 Å². The molecule has 0 unspecified atom stereocenters. The van der Waals surface area contributed by atoms with Crippen LogP contribution in [0.1, 0.15) is 35.4 Å². The Kier molecular flexibility index (Phi) is 6.81. The predicted octanol–water partition coefficient (Wildman–Crippen LogP) is 3.85. The molecule has 0 bridgehead atoms. The maximum absolute atomic E-state index is 13.3. The summed E-state index contributed by atoms with van der Waals surface area (Å²) < 4.78 is 23.9. The highest BCUT2D eigenvalue weighted by atomic mass is 19.1. The van der Waals surface area contributed by atoms with Crippen LogP contribution in [0, 0.1) is 19.7 Å². The van der Waals surface area contributed by atoms with E-state index in [9.17, 15) is 18.8 Å². The minimum Gasteiger partial charge on any atom is -0.412 e. The molecule has 34 heavy (non-hydrogen) atoms. The van der Waals surface area contributed by atoms with Crippen molar-refractivity contribution in [3.8, 4) is 5.75 Å². The van der Waals surface area contributed by atoms with Crippen LogP contribution in [0.5, 0.6) is 5.75 Å². The number of ether oxygens (including phenoxy) is 2. The van der Waals surface area contributed by atoms with Crippen LogP contribution in [0.15, 0.2) is 58.3 Å². The van der Waals surface area contributed by atoms with Crippen molar-refractivity contribution in [2.24, 2.45) is 0 Å².